The molecular weight excluding hydrogens is 202 g/mol. The van der Waals surface area contributed by atoms with Crippen LogP contribution in [0, 0.1) is 0 Å². The van der Waals surface area contributed by atoms with Gasteiger partial charge in [0.1, 0.15) is 0 Å². The van der Waals surface area contributed by atoms with Crippen molar-refractivity contribution in [2.45, 2.75) is 13.3 Å². The van der Waals surface area contributed by atoms with Crippen molar-refractivity contribution in [1.29, 1.82) is 0 Å². The van der Waals surface area contributed by atoms with Crippen LogP contribution in [0.1, 0.15) is 13.3 Å². The molecule has 0 spiro atoms. The summed E-state index contributed by atoms with van der Waals surface area (Å²) in [4.78, 5) is 10.9. The van der Waals surface area contributed by atoms with E-state index in [0.29, 0.717) is 19.5 Å². The van der Waals surface area contributed by atoms with Crippen molar-refractivity contribution in [2.75, 3.05) is 39.5 Å². The van der Waals surface area contributed by atoms with Crippen LogP contribution in [-0.2, 0) is 4.79 Å². The third-order valence-corrected chi connectivity index (χ3v) is 1.46. The molecule has 0 aromatic carbocycles. The smallest absolute Gasteiger partial charge is 0.300 e. The molecule has 0 aliphatic rings. The molecule has 0 aliphatic carbocycles. The average Bonchev–Trinajstić information content (AvgIpc) is 2.14. The van der Waals surface area contributed by atoms with Gasteiger partial charge in [0, 0.05) is 33.2 Å². The van der Waals surface area contributed by atoms with Gasteiger partial charge in [0.15, 0.2) is 0 Å². The zero-order valence-electron chi connectivity index (χ0n) is 9.09. The number of carboxylic acids is 1. The summed E-state index contributed by atoms with van der Waals surface area (Å²) in [7, 11) is 0. The highest BCUT2D eigenvalue weighted by Crippen LogP contribution is 1.89. The zero-order valence-corrected chi connectivity index (χ0v) is 9.09. The molecule has 0 aromatic rings. The van der Waals surface area contributed by atoms with Crippen LogP contribution < -0.4 is 0 Å². The molecule has 4 N–H and O–H groups in total. The van der Waals surface area contributed by atoms with E-state index in [2.05, 4.69) is 0 Å². The second-order valence-electron chi connectivity index (χ2n) is 2.89. The fourth-order valence-electron chi connectivity index (χ4n) is 0.913. The summed E-state index contributed by atoms with van der Waals surface area (Å²) >= 11 is 0. The number of hydrogen-bond donors (Lipinski definition) is 4. The highest BCUT2D eigenvalue weighted by molar-refractivity contribution is 5.62. The van der Waals surface area contributed by atoms with Crippen LogP contribution in [0.4, 0.5) is 0 Å². The summed E-state index contributed by atoms with van der Waals surface area (Å²) in [5, 5.41) is 33.1. The summed E-state index contributed by atoms with van der Waals surface area (Å²) in [6, 6.07) is 0. The van der Waals surface area contributed by atoms with E-state index in [1.165, 1.54) is 0 Å². The topological polar surface area (TPSA) is 101 Å². The lowest BCUT2D eigenvalue weighted by Gasteiger charge is -2.18. The Balaban J connectivity index is 0. The molecule has 0 aromatic heterocycles. The molecule has 0 saturated heterocycles. The van der Waals surface area contributed by atoms with Crippen molar-refractivity contribution in [3.63, 3.8) is 0 Å². The largest absolute Gasteiger partial charge is 0.481 e. The Morgan fingerprint density at radius 1 is 1.00 bits per heavy atom. The van der Waals surface area contributed by atoms with Crippen LogP contribution in [-0.4, -0.2) is 70.8 Å². The lowest BCUT2D eigenvalue weighted by molar-refractivity contribution is -0.134. The molecule has 0 heterocycles. The minimum Gasteiger partial charge on any atom is -0.481 e. The van der Waals surface area contributed by atoms with Crippen molar-refractivity contribution < 1.29 is 25.2 Å². The molecule has 0 fully saturated rings. The van der Waals surface area contributed by atoms with Gasteiger partial charge >= 0.3 is 0 Å². The van der Waals surface area contributed by atoms with Crippen LogP contribution in [0.2, 0.25) is 0 Å². The maximum Gasteiger partial charge on any atom is 0.300 e. The van der Waals surface area contributed by atoms with Gasteiger partial charge in [-0.05, 0) is 6.42 Å². The highest BCUT2D eigenvalue weighted by Gasteiger charge is 2.01. The van der Waals surface area contributed by atoms with Gasteiger partial charge in [-0.25, -0.2) is 0 Å². The molecule has 0 atom stereocenters. The van der Waals surface area contributed by atoms with Gasteiger partial charge in [0.2, 0.25) is 0 Å². The van der Waals surface area contributed by atoms with E-state index >= 15 is 0 Å². The molecule has 0 amide bonds. The fourth-order valence-corrected chi connectivity index (χ4v) is 0.913. The average molecular weight is 223 g/mol. The second kappa shape index (κ2) is 13.3. The van der Waals surface area contributed by atoms with Gasteiger partial charge in [-0.1, -0.05) is 0 Å². The molecule has 0 radical (unpaired) electrons. The quantitative estimate of drug-likeness (QED) is 0.430. The molecule has 0 saturated carbocycles. The molecule has 92 valence electrons. The predicted molar refractivity (Wildman–Crippen MR) is 55.6 cm³/mol. The Labute approximate surface area is 89.8 Å². The number of aliphatic hydroxyl groups excluding tert-OH is 3. The molecular formula is C9H21NO5. The summed E-state index contributed by atoms with van der Waals surface area (Å²) in [5.74, 6) is -0.833. The van der Waals surface area contributed by atoms with E-state index in [9.17, 15) is 0 Å². The van der Waals surface area contributed by atoms with Crippen LogP contribution in [0.5, 0.6) is 0 Å². The van der Waals surface area contributed by atoms with Crippen LogP contribution in [0.25, 0.3) is 0 Å². The van der Waals surface area contributed by atoms with E-state index in [1.54, 1.807) is 0 Å². The zero-order chi connectivity index (χ0) is 12.1. The van der Waals surface area contributed by atoms with Gasteiger partial charge in [-0.2, -0.15) is 0 Å². The first-order valence-electron chi connectivity index (χ1n) is 4.83. The van der Waals surface area contributed by atoms with Crippen molar-refractivity contribution in [1.82, 2.24) is 4.90 Å². The number of aliphatic hydroxyl groups is 3. The number of aliphatic carboxylic acids is 1. The molecule has 0 bridgehead atoms. The van der Waals surface area contributed by atoms with Crippen molar-refractivity contribution in [2.24, 2.45) is 0 Å². The van der Waals surface area contributed by atoms with Gasteiger partial charge < -0.3 is 20.4 Å². The Morgan fingerprint density at radius 3 is 1.67 bits per heavy atom. The van der Waals surface area contributed by atoms with Crippen molar-refractivity contribution in [3.8, 4) is 0 Å². The SMILES string of the molecule is CC(=O)O.OCCCN(CCO)CCO. The van der Waals surface area contributed by atoms with E-state index in [-0.39, 0.29) is 19.8 Å². The van der Waals surface area contributed by atoms with Crippen molar-refractivity contribution >= 4 is 5.97 Å². The number of rotatable bonds is 7. The van der Waals surface area contributed by atoms with Crippen LogP contribution in [0.3, 0.4) is 0 Å². The third kappa shape index (κ3) is 19.6. The fraction of sp³-hybridized carbons (Fsp3) is 0.889. The Morgan fingerprint density at radius 2 is 1.40 bits per heavy atom. The first kappa shape index (κ1) is 16.7. The molecule has 0 rings (SSSR count). The Bertz CT molecular complexity index is 132. The maximum atomic E-state index is 9.00. The van der Waals surface area contributed by atoms with Crippen LogP contribution >= 0.6 is 0 Å². The summed E-state index contributed by atoms with van der Waals surface area (Å²) in [6.45, 7) is 3.32. The normalized spacial score (nSPS) is 9.67. The monoisotopic (exact) mass is 223 g/mol. The van der Waals surface area contributed by atoms with Crippen molar-refractivity contribution in [3.05, 3.63) is 0 Å². The lowest BCUT2D eigenvalue weighted by Crippen LogP contribution is -2.31. The summed E-state index contributed by atoms with van der Waals surface area (Å²) in [5.41, 5.74) is 0. The number of hydrogen-bond acceptors (Lipinski definition) is 5. The lowest BCUT2D eigenvalue weighted by atomic mass is 10.4. The van der Waals surface area contributed by atoms with Crippen LogP contribution in [0.15, 0.2) is 0 Å². The summed E-state index contributed by atoms with van der Waals surface area (Å²) < 4.78 is 0. The van der Waals surface area contributed by atoms with Gasteiger partial charge in [0.25, 0.3) is 5.97 Å². The molecule has 6 heteroatoms. The van der Waals surface area contributed by atoms with Gasteiger partial charge in [-0.3, -0.25) is 9.69 Å². The van der Waals surface area contributed by atoms with Gasteiger partial charge in [0.05, 0.1) is 13.2 Å². The number of carboxylic acid groups (broad SMARTS) is 1. The van der Waals surface area contributed by atoms with Gasteiger partial charge in [-0.15, -0.1) is 0 Å². The first-order valence-corrected chi connectivity index (χ1v) is 4.83. The molecule has 6 nitrogen and oxygen atoms in total. The first-order chi connectivity index (χ1) is 7.08. The molecule has 0 aliphatic heterocycles. The van der Waals surface area contributed by atoms with E-state index in [0.717, 1.165) is 13.5 Å². The standard InChI is InChI=1S/C7H17NO3.C2H4O2/c9-5-1-2-8(3-6-10)4-7-11;1-2(3)4/h9-11H,1-7H2;1H3,(H,3,4). The van der Waals surface area contributed by atoms with E-state index in [1.807, 2.05) is 4.90 Å². The molecule has 0 unspecified atom stereocenters. The third-order valence-electron chi connectivity index (χ3n) is 1.46. The Hall–Kier alpha value is -0.690. The maximum absolute atomic E-state index is 9.00. The molecule has 15 heavy (non-hydrogen) atoms. The Kier molecular flexibility index (Phi) is 14.8. The minimum absolute atomic E-state index is 0.103. The number of nitrogens with zero attached hydrogens (tertiary/aromatic N) is 1. The predicted octanol–water partition coefficient (Wildman–Crippen LogP) is -1.25. The van der Waals surface area contributed by atoms with E-state index < -0.39 is 5.97 Å². The summed E-state index contributed by atoms with van der Waals surface area (Å²) in [6.07, 6.45) is 0.694. The highest BCUT2D eigenvalue weighted by atomic mass is 16.4. The number of carbonyl (C=O) groups is 1. The minimum atomic E-state index is -0.833. The second-order valence-corrected chi connectivity index (χ2v) is 2.89. The van der Waals surface area contributed by atoms with E-state index in [4.69, 9.17) is 25.2 Å².